The van der Waals surface area contributed by atoms with Crippen LogP contribution in [-0.4, -0.2) is 21.1 Å². The number of hydrogen-bond donors (Lipinski definition) is 0. The number of hydrogen-bond acceptors (Lipinski definition) is 3. The Bertz CT molecular complexity index is 587. The van der Waals surface area contributed by atoms with Crippen molar-refractivity contribution in [2.75, 3.05) is 11.5 Å². The fourth-order valence-corrected chi connectivity index (χ4v) is 6.44. The first-order valence-corrected chi connectivity index (χ1v) is 9.48. The molecule has 2 nitrogen and oxygen atoms in total. The van der Waals surface area contributed by atoms with Crippen LogP contribution in [0, 0.1) is 13.8 Å². The molecule has 1 fully saturated rings. The van der Waals surface area contributed by atoms with Crippen LogP contribution in [-0.2, 0) is 10.6 Å². The molecule has 0 unspecified atom stereocenters. The van der Waals surface area contributed by atoms with E-state index in [9.17, 15) is 0 Å². The van der Waals surface area contributed by atoms with Gasteiger partial charge in [-0.25, -0.2) is 4.98 Å². The summed E-state index contributed by atoms with van der Waals surface area (Å²) in [4.78, 5) is 4.16. The van der Waals surface area contributed by atoms with Crippen LogP contribution in [0.15, 0.2) is 36.9 Å². The fourth-order valence-electron chi connectivity index (χ4n) is 2.95. The molecule has 1 aromatic carbocycles. The van der Waals surface area contributed by atoms with Gasteiger partial charge in [-0.05, 0) is 49.3 Å². The lowest BCUT2D eigenvalue weighted by Gasteiger charge is -2.38. The number of thioether (sulfide) groups is 2. The molecule has 21 heavy (non-hydrogen) atoms. The molecular weight excluding hydrogens is 296 g/mol. The van der Waals surface area contributed by atoms with Crippen LogP contribution in [0.4, 0.5) is 0 Å². The third-order valence-corrected chi connectivity index (χ3v) is 7.48. The van der Waals surface area contributed by atoms with Crippen molar-refractivity contribution in [3.8, 4) is 0 Å². The first-order valence-electron chi connectivity index (χ1n) is 7.51. The van der Waals surface area contributed by atoms with E-state index < -0.39 is 0 Å². The zero-order valence-corrected chi connectivity index (χ0v) is 14.3. The van der Waals surface area contributed by atoms with Crippen molar-refractivity contribution in [1.29, 1.82) is 0 Å². The maximum atomic E-state index is 4.16. The molecule has 0 radical (unpaired) electrons. The van der Waals surface area contributed by atoms with Crippen molar-refractivity contribution < 1.29 is 0 Å². The Hall–Kier alpha value is -0.870. The summed E-state index contributed by atoms with van der Waals surface area (Å²) in [5, 5.41) is 0. The second kappa shape index (κ2) is 6.49. The van der Waals surface area contributed by atoms with Gasteiger partial charge in [-0.3, -0.25) is 0 Å². The van der Waals surface area contributed by atoms with E-state index >= 15 is 0 Å². The molecule has 4 heteroatoms. The molecule has 2 heterocycles. The van der Waals surface area contributed by atoms with Crippen molar-refractivity contribution in [3.63, 3.8) is 0 Å². The molecule has 1 aromatic heterocycles. The Balaban J connectivity index is 1.88. The minimum atomic E-state index is 0.209. The number of aryl methyl sites for hydroxylation is 3. The predicted molar refractivity (Wildman–Crippen MR) is 94.0 cm³/mol. The lowest BCUT2D eigenvalue weighted by atomic mass is 10.0. The third-order valence-electron chi connectivity index (χ3n) is 4.01. The van der Waals surface area contributed by atoms with E-state index in [1.807, 2.05) is 12.5 Å². The van der Waals surface area contributed by atoms with Crippen LogP contribution < -0.4 is 0 Å². The molecule has 0 atom stereocenters. The van der Waals surface area contributed by atoms with Crippen LogP contribution in [0.5, 0.6) is 0 Å². The van der Waals surface area contributed by atoms with Gasteiger partial charge in [-0.2, -0.15) is 0 Å². The van der Waals surface area contributed by atoms with Gasteiger partial charge in [0.25, 0.3) is 0 Å². The van der Waals surface area contributed by atoms with E-state index in [0.29, 0.717) is 0 Å². The van der Waals surface area contributed by atoms with E-state index in [2.05, 4.69) is 71.3 Å². The number of rotatable bonds is 4. The SMILES string of the molecule is Cc1ccc(C2(CCn3ccnc3)SCCCS2)c(C)c1. The van der Waals surface area contributed by atoms with E-state index in [1.165, 1.54) is 34.6 Å². The Morgan fingerprint density at radius 1 is 1.24 bits per heavy atom. The first kappa shape index (κ1) is 15.0. The Morgan fingerprint density at radius 3 is 2.71 bits per heavy atom. The average molecular weight is 319 g/mol. The molecule has 112 valence electrons. The highest BCUT2D eigenvalue weighted by Crippen LogP contribution is 2.53. The van der Waals surface area contributed by atoms with Gasteiger partial charge in [0.2, 0.25) is 0 Å². The largest absolute Gasteiger partial charge is 0.337 e. The highest BCUT2D eigenvalue weighted by Gasteiger charge is 2.36. The Labute approximate surface area is 135 Å². The molecule has 0 N–H and O–H groups in total. The summed E-state index contributed by atoms with van der Waals surface area (Å²) in [5.41, 5.74) is 4.30. The summed E-state index contributed by atoms with van der Waals surface area (Å²) < 4.78 is 2.40. The van der Waals surface area contributed by atoms with E-state index in [1.54, 1.807) is 0 Å². The van der Waals surface area contributed by atoms with Crippen molar-refractivity contribution in [2.24, 2.45) is 0 Å². The standard InChI is InChI=1S/C17H22N2S2/c1-14-4-5-16(15(2)12-14)17(20-10-3-11-21-17)6-8-19-9-7-18-13-19/h4-5,7,9,12-13H,3,6,8,10-11H2,1-2H3. The summed E-state index contributed by atoms with van der Waals surface area (Å²) in [5.74, 6) is 2.54. The first-order chi connectivity index (χ1) is 10.2. The molecule has 3 rings (SSSR count). The smallest absolute Gasteiger partial charge is 0.0945 e. The van der Waals surface area contributed by atoms with Gasteiger partial charge in [0, 0.05) is 18.9 Å². The van der Waals surface area contributed by atoms with Gasteiger partial charge in [0.1, 0.15) is 0 Å². The van der Waals surface area contributed by atoms with Crippen LogP contribution in [0.25, 0.3) is 0 Å². The summed E-state index contributed by atoms with van der Waals surface area (Å²) >= 11 is 4.27. The third kappa shape index (κ3) is 3.32. The highest BCUT2D eigenvalue weighted by atomic mass is 32.2. The molecule has 2 aromatic rings. The quantitative estimate of drug-likeness (QED) is 0.819. The van der Waals surface area contributed by atoms with Crippen LogP contribution in [0.3, 0.4) is 0 Å². The Morgan fingerprint density at radius 2 is 2.05 bits per heavy atom. The minimum absolute atomic E-state index is 0.209. The number of imidazole rings is 1. The highest BCUT2D eigenvalue weighted by molar-refractivity contribution is 8.18. The summed E-state index contributed by atoms with van der Waals surface area (Å²) in [6.07, 6.45) is 8.34. The van der Waals surface area contributed by atoms with Gasteiger partial charge in [0.15, 0.2) is 0 Å². The van der Waals surface area contributed by atoms with Gasteiger partial charge < -0.3 is 4.57 Å². The maximum Gasteiger partial charge on any atom is 0.0945 e. The molecule has 0 bridgehead atoms. The normalized spacial score (nSPS) is 17.8. The molecule has 0 aliphatic carbocycles. The van der Waals surface area contributed by atoms with Crippen LogP contribution in [0.2, 0.25) is 0 Å². The van der Waals surface area contributed by atoms with Gasteiger partial charge in [-0.1, -0.05) is 23.8 Å². The zero-order chi connectivity index (χ0) is 14.7. The van der Waals surface area contributed by atoms with Crippen molar-refractivity contribution in [1.82, 2.24) is 9.55 Å². The lowest BCUT2D eigenvalue weighted by Crippen LogP contribution is -2.25. The lowest BCUT2D eigenvalue weighted by molar-refractivity contribution is 0.608. The summed E-state index contributed by atoms with van der Waals surface area (Å²) in [6.45, 7) is 5.47. The number of benzene rings is 1. The van der Waals surface area contributed by atoms with Crippen molar-refractivity contribution in [3.05, 3.63) is 53.6 Å². The topological polar surface area (TPSA) is 17.8 Å². The fraction of sp³-hybridized carbons (Fsp3) is 0.471. The molecular formula is C17H22N2S2. The Kier molecular flexibility index (Phi) is 4.65. The van der Waals surface area contributed by atoms with E-state index in [0.717, 1.165) is 13.0 Å². The summed E-state index contributed by atoms with van der Waals surface area (Å²) in [7, 11) is 0. The number of nitrogens with zero attached hydrogens (tertiary/aromatic N) is 2. The minimum Gasteiger partial charge on any atom is -0.337 e. The monoisotopic (exact) mass is 318 g/mol. The second-order valence-electron chi connectivity index (χ2n) is 5.67. The van der Waals surface area contributed by atoms with E-state index in [-0.39, 0.29) is 4.08 Å². The average Bonchev–Trinajstić information content (AvgIpc) is 2.99. The maximum absolute atomic E-state index is 4.16. The molecule has 1 aliphatic rings. The number of aromatic nitrogens is 2. The second-order valence-corrected chi connectivity index (χ2v) is 8.72. The molecule has 1 saturated heterocycles. The van der Waals surface area contributed by atoms with Crippen molar-refractivity contribution >= 4 is 23.5 Å². The van der Waals surface area contributed by atoms with Gasteiger partial charge in [0.05, 0.1) is 10.4 Å². The van der Waals surface area contributed by atoms with E-state index in [4.69, 9.17) is 0 Å². The van der Waals surface area contributed by atoms with Gasteiger partial charge >= 0.3 is 0 Å². The molecule has 0 amide bonds. The van der Waals surface area contributed by atoms with Crippen LogP contribution in [0.1, 0.15) is 29.5 Å². The molecule has 0 spiro atoms. The molecule has 0 saturated carbocycles. The van der Waals surface area contributed by atoms with Crippen LogP contribution >= 0.6 is 23.5 Å². The van der Waals surface area contributed by atoms with Gasteiger partial charge in [-0.15, -0.1) is 23.5 Å². The predicted octanol–water partition coefficient (Wildman–Crippen LogP) is 4.61. The molecule has 1 aliphatic heterocycles. The van der Waals surface area contributed by atoms with Crippen molar-refractivity contribution in [2.45, 2.75) is 37.3 Å². The summed E-state index contributed by atoms with van der Waals surface area (Å²) in [6, 6.07) is 6.94. The zero-order valence-electron chi connectivity index (χ0n) is 12.7.